The van der Waals surface area contributed by atoms with Gasteiger partial charge in [-0.05, 0) is 111 Å². The number of aromatic nitrogens is 2. The Kier molecular flexibility index (Phi) is 7.58. The maximum Gasteiger partial charge on any atom is 0.202 e. The molecule has 12 rings (SSSR count). The number of nitrogens with zero attached hydrogens (tertiary/aromatic N) is 2. The third-order valence-electron chi connectivity index (χ3n) is 12.6. The minimum absolute atomic E-state index is 0.145. The fourth-order valence-electron chi connectivity index (χ4n) is 9.92. The smallest absolute Gasteiger partial charge is 0.202 e. The third-order valence-corrected chi connectivity index (χ3v) is 12.6. The Morgan fingerprint density at radius 2 is 1.24 bits per heavy atom. The first-order valence-corrected chi connectivity index (χ1v) is 20.5. The summed E-state index contributed by atoms with van der Waals surface area (Å²) in [4.78, 5) is 4.96. The van der Waals surface area contributed by atoms with Gasteiger partial charge in [-0.25, -0.2) is 4.98 Å². The molecule has 3 heteroatoms. The summed E-state index contributed by atoms with van der Waals surface area (Å²) in [6, 6.07) is 68.9. The second-order valence-corrected chi connectivity index (χ2v) is 15.8. The zero-order chi connectivity index (χ0) is 38.9. The Balaban J connectivity index is 1.02. The van der Waals surface area contributed by atoms with E-state index < -0.39 is 5.41 Å². The van der Waals surface area contributed by atoms with Crippen LogP contribution in [-0.2, 0) is 5.41 Å². The molecule has 0 spiro atoms. The Labute approximate surface area is 342 Å². The van der Waals surface area contributed by atoms with Crippen LogP contribution in [0.2, 0.25) is 0 Å². The van der Waals surface area contributed by atoms with Crippen LogP contribution in [0.4, 0.5) is 0 Å². The highest BCUT2D eigenvalue weighted by atomic mass is 16.3. The summed E-state index contributed by atoms with van der Waals surface area (Å²) in [5.41, 5.74) is 16.9. The molecule has 2 aromatic heterocycles. The molecule has 0 aliphatic heterocycles. The van der Waals surface area contributed by atoms with Crippen LogP contribution < -0.4 is 0 Å². The second-order valence-electron chi connectivity index (χ2n) is 15.8. The average molecular weight is 755 g/mol. The van der Waals surface area contributed by atoms with Crippen molar-refractivity contribution in [1.29, 1.82) is 0 Å². The van der Waals surface area contributed by atoms with Crippen LogP contribution in [0, 0.1) is 0 Å². The van der Waals surface area contributed by atoms with Gasteiger partial charge in [0.2, 0.25) is 5.89 Å². The molecular weight excluding hydrogens is 717 g/mol. The fraction of sp³-hybridized carbons (Fsp3) is 0.0536. The highest BCUT2D eigenvalue weighted by Gasteiger charge is 2.46. The second kappa shape index (κ2) is 13.3. The summed E-state index contributed by atoms with van der Waals surface area (Å²) in [5, 5.41) is 2.48. The van der Waals surface area contributed by atoms with E-state index in [1.807, 2.05) is 0 Å². The van der Waals surface area contributed by atoms with E-state index in [-0.39, 0.29) is 5.92 Å². The summed E-state index contributed by atoms with van der Waals surface area (Å²) in [6.45, 7) is 0. The average Bonchev–Trinajstić information content (AvgIpc) is 3.98. The molecule has 2 aliphatic carbocycles. The molecular formula is C56H38N2O. The van der Waals surface area contributed by atoms with Gasteiger partial charge in [0.25, 0.3) is 0 Å². The van der Waals surface area contributed by atoms with E-state index in [4.69, 9.17) is 9.40 Å². The van der Waals surface area contributed by atoms with Crippen molar-refractivity contribution in [2.24, 2.45) is 0 Å². The number of fused-ring (bicyclic) bond motifs is 7. The third kappa shape index (κ3) is 5.18. The fourth-order valence-corrected chi connectivity index (χ4v) is 9.92. The summed E-state index contributed by atoms with van der Waals surface area (Å²) >= 11 is 0. The van der Waals surface area contributed by atoms with Gasteiger partial charge in [-0.2, -0.15) is 0 Å². The summed E-state index contributed by atoms with van der Waals surface area (Å²) < 4.78 is 8.97. The van der Waals surface area contributed by atoms with Crippen molar-refractivity contribution in [1.82, 2.24) is 9.55 Å². The van der Waals surface area contributed by atoms with Gasteiger partial charge >= 0.3 is 0 Å². The molecule has 0 fully saturated rings. The molecule has 2 unspecified atom stereocenters. The number of hydrogen-bond acceptors (Lipinski definition) is 2. The van der Waals surface area contributed by atoms with Crippen molar-refractivity contribution < 1.29 is 4.42 Å². The molecule has 2 heterocycles. The van der Waals surface area contributed by atoms with Gasteiger partial charge in [-0.15, -0.1) is 0 Å². The van der Waals surface area contributed by atoms with E-state index in [9.17, 15) is 0 Å². The zero-order valence-corrected chi connectivity index (χ0v) is 32.3. The van der Waals surface area contributed by atoms with E-state index in [2.05, 4.69) is 217 Å². The van der Waals surface area contributed by atoms with Gasteiger partial charge in [0.05, 0.1) is 22.4 Å². The van der Waals surface area contributed by atoms with Crippen molar-refractivity contribution in [2.75, 3.05) is 0 Å². The van der Waals surface area contributed by atoms with Gasteiger partial charge in [0, 0.05) is 16.5 Å². The summed E-state index contributed by atoms with van der Waals surface area (Å²) in [6.07, 6.45) is 9.43. The lowest BCUT2D eigenvalue weighted by Gasteiger charge is -2.33. The molecule has 3 nitrogen and oxygen atoms in total. The maximum absolute atomic E-state index is 6.57. The summed E-state index contributed by atoms with van der Waals surface area (Å²) in [5.74, 6) is 0.913. The molecule has 0 amide bonds. The van der Waals surface area contributed by atoms with E-state index in [1.165, 1.54) is 77.4 Å². The standard InChI is InChI=1S/C56H38N2O/c1-4-15-37(16-5-1)39-19-14-22-44(33-39)58-52-26-13-11-24-46(52)48-35-41(28-32-53(48)58)40-27-30-50-47(34-40)45-23-10-12-25-49(45)56(50,42-20-8-3-9-21-42)43-29-31-51-54(36-43)59-55(57-51)38-17-6-2-7-18-38/h1-17,19-36,38H,18H2. The topological polar surface area (TPSA) is 31.0 Å². The number of benzene rings is 8. The SMILES string of the molecule is C1=CCC(c2nc3ccc(C4(c5ccccc5)c5ccccc5-c5cc(-c6ccc7c(c6)c6ccccc6n7-c6cccc(-c7ccccc7)c6)ccc54)cc3o2)C=C1. The predicted molar refractivity (Wildman–Crippen MR) is 242 cm³/mol. The number of hydrogen-bond donors (Lipinski definition) is 0. The molecule has 0 saturated carbocycles. The van der Waals surface area contributed by atoms with Crippen LogP contribution in [0.25, 0.3) is 72.0 Å². The van der Waals surface area contributed by atoms with Gasteiger partial charge in [-0.3, -0.25) is 0 Å². The largest absolute Gasteiger partial charge is 0.440 e. The Morgan fingerprint density at radius 3 is 2.12 bits per heavy atom. The number of allylic oxidation sites excluding steroid dienone is 4. The molecule has 0 bridgehead atoms. The predicted octanol–water partition coefficient (Wildman–Crippen LogP) is 14.2. The van der Waals surface area contributed by atoms with Crippen LogP contribution in [-0.4, -0.2) is 9.55 Å². The Bertz CT molecular complexity index is 3310. The van der Waals surface area contributed by atoms with Crippen molar-refractivity contribution >= 4 is 32.9 Å². The zero-order valence-electron chi connectivity index (χ0n) is 32.3. The van der Waals surface area contributed by atoms with Gasteiger partial charge in [0.1, 0.15) is 5.52 Å². The summed E-state index contributed by atoms with van der Waals surface area (Å²) in [7, 11) is 0. The Morgan fingerprint density at radius 1 is 0.508 bits per heavy atom. The van der Waals surface area contributed by atoms with Crippen LogP contribution in [0.15, 0.2) is 217 Å². The molecule has 0 saturated heterocycles. The van der Waals surface area contributed by atoms with Crippen molar-refractivity contribution in [3.63, 3.8) is 0 Å². The van der Waals surface area contributed by atoms with E-state index in [0.29, 0.717) is 0 Å². The van der Waals surface area contributed by atoms with Crippen molar-refractivity contribution in [3.8, 4) is 39.1 Å². The van der Waals surface area contributed by atoms with Gasteiger partial charge < -0.3 is 8.98 Å². The molecule has 2 atom stereocenters. The molecule has 0 N–H and O–H groups in total. The van der Waals surface area contributed by atoms with Crippen molar-refractivity contribution in [3.05, 3.63) is 241 Å². The molecule has 0 radical (unpaired) electrons. The van der Waals surface area contributed by atoms with E-state index in [1.54, 1.807) is 0 Å². The monoisotopic (exact) mass is 754 g/mol. The van der Waals surface area contributed by atoms with Crippen molar-refractivity contribution in [2.45, 2.75) is 17.8 Å². The maximum atomic E-state index is 6.57. The first-order chi connectivity index (χ1) is 29.2. The number of para-hydroxylation sites is 1. The molecule has 8 aromatic carbocycles. The molecule has 2 aliphatic rings. The number of oxazole rings is 1. The lowest BCUT2D eigenvalue weighted by molar-refractivity contribution is 0.504. The first kappa shape index (κ1) is 33.6. The normalized spacial score (nSPS) is 16.8. The van der Waals surface area contributed by atoms with Crippen LogP contribution >= 0.6 is 0 Å². The lowest BCUT2D eigenvalue weighted by Crippen LogP contribution is -2.28. The molecule has 10 aromatic rings. The minimum atomic E-state index is -0.550. The van der Waals surface area contributed by atoms with E-state index >= 15 is 0 Å². The van der Waals surface area contributed by atoms with Crippen LogP contribution in [0.5, 0.6) is 0 Å². The van der Waals surface area contributed by atoms with E-state index in [0.717, 1.165) is 29.1 Å². The van der Waals surface area contributed by atoms with Gasteiger partial charge in [0.15, 0.2) is 5.58 Å². The molecule has 59 heavy (non-hydrogen) atoms. The highest BCUT2D eigenvalue weighted by molar-refractivity contribution is 6.10. The quantitative estimate of drug-likeness (QED) is 0.169. The molecule has 278 valence electrons. The highest BCUT2D eigenvalue weighted by Crippen LogP contribution is 2.57. The van der Waals surface area contributed by atoms with Crippen LogP contribution in [0.1, 0.15) is 40.5 Å². The Hall–Kier alpha value is -7.49. The first-order valence-electron chi connectivity index (χ1n) is 20.5. The van der Waals surface area contributed by atoms with Crippen LogP contribution in [0.3, 0.4) is 0 Å². The minimum Gasteiger partial charge on any atom is -0.440 e. The van der Waals surface area contributed by atoms with Gasteiger partial charge in [-0.1, -0.05) is 164 Å². The lowest BCUT2D eigenvalue weighted by atomic mass is 9.67. The number of rotatable bonds is 6.